The van der Waals surface area contributed by atoms with Crippen molar-refractivity contribution in [3.63, 3.8) is 0 Å². The fourth-order valence-corrected chi connectivity index (χ4v) is 3.14. The molecule has 0 saturated carbocycles. The van der Waals surface area contributed by atoms with Crippen LogP contribution in [0.2, 0.25) is 5.02 Å². The molecule has 0 saturated heterocycles. The second-order valence-corrected chi connectivity index (χ2v) is 7.98. The monoisotopic (exact) mass is 497 g/mol. The molecule has 8 nitrogen and oxygen atoms in total. The van der Waals surface area contributed by atoms with Crippen molar-refractivity contribution in [3.8, 4) is 11.6 Å². The van der Waals surface area contributed by atoms with Crippen LogP contribution in [0.1, 0.15) is 18.9 Å². The Morgan fingerprint density at radius 1 is 1.14 bits per heavy atom. The lowest BCUT2D eigenvalue weighted by Crippen LogP contribution is -2.47. The maximum absolute atomic E-state index is 13.3. The van der Waals surface area contributed by atoms with Gasteiger partial charge < -0.3 is 9.64 Å². The predicted molar refractivity (Wildman–Crippen MR) is 132 cm³/mol. The summed E-state index contributed by atoms with van der Waals surface area (Å²) in [5, 5.41) is 3.29. The van der Waals surface area contributed by atoms with Gasteiger partial charge in [-0.05, 0) is 54.4 Å². The Morgan fingerprint density at radius 3 is 2.49 bits per heavy atom. The molecule has 1 heterocycles. The largest absolute Gasteiger partial charge is 0.439 e. The number of guanidine groups is 1. The molecule has 0 spiro atoms. The summed E-state index contributed by atoms with van der Waals surface area (Å²) in [6.07, 6.45) is 1.38. The number of amides is 3. The molecule has 0 radical (unpaired) electrons. The first-order chi connectivity index (χ1) is 16.9. The molecule has 0 atom stereocenters. The number of hydrogen-bond acceptors (Lipinski definition) is 5. The minimum absolute atomic E-state index is 0.0587. The Balaban J connectivity index is 1.84. The van der Waals surface area contributed by atoms with Crippen LogP contribution < -0.4 is 10.1 Å². The molecule has 182 valence electrons. The van der Waals surface area contributed by atoms with Crippen LogP contribution in [0.4, 0.5) is 14.9 Å². The number of rotatable bonds is 8. The Bertz CT molecular complexity index is 1170. The Kier molecular flexibility index (Phi) is 9.14. The van der Waals surface area contributed by atoms with Gasteiger partial charge in [-0.2, -0.15) is 9.37 Å². The number of halogens is 2. The molecule has 1 N–H and O–H groups in total. The summed E-state index contributed by atoms with van der Waals surface area (Å²) in [4.78, 5) is 35.6. The van der Waals surface area contributed by atoms with Gasteiger partial charge in [-0.3, -0.25) is 15.0 Å². The molecular weight excluding hydrogens is 473 g/mol. The van der Waals surface area contributed by atoms with Crippen molar-refractivity contribution < 1.29 is 18.7 Å². The van der Waals surface area contributed by atoms with Crippen molar-refractivity contribution in [3.05, 3.63) is 83.3 Å². The fourth-order valence-electron chi connectivity index (χ4n) is 3.02. The molecule has 3 rings (SSSR count). The summed E-state index contributed by atoms with van der Waals surface area (Å²) < 4.78 is 18.8. The van der Waals surface area contributed by atoms with Gasteiger partial charge in [0, 0.05) is 24.7 Å². The number of ether oxygens (including phenoxy) is 1. The van der Waals surface area contributed by atoms with E-state index >= 15 is 0 Å². The normalized spacial score (nSPS) is 11.0. The molecule has 10 heteroatoms. The quantitative estimate of drug-likeness (QED) is 0.196. The number of carbonyl (C=O) groups excluding carboxylic acids is 2. The van der Waals surface area contributed by atoms with Gasteiger partial charge in [0.05, 0.1) is 12.2 Å². The van der Waals surface area contributed by atoms with Crippen molar-refractivity contribution in [1.29, 1.82) is 0 Å². The zero-order chi connectivity index (χ0) is 25.2. The van der Waals surface area contributed by atoms with Gasteiger partial charge in [-0.15, -0.1) is 0 Å². The number of benzene rings is 2. The SMILES string of the molecule is CCCN(C)C(=O)NC(=Nc1ccc(Oc2cccc(F)n2)cc1)N(C=O)Cc1ccc(Cl)cc1. The van der Waals surface area contributed by atoms with Crippen LogP contribution in [0, 0.1) is 5.95 Å². The summed E-state index contributed by atoms with van der Waals surface area (Å²) in [6, 6.07) is 17.4. The molecule has 0 bridgehead atoms. The number of pyridine rings is 1. The van der Waals surface area contributed by atoms with E-state index in [4.69, 9.17) is 16.3 Å². The highest BCUT2D eigenvalue weighted by Crippen LogP contribution is 2.23. The lowest BCUT2D eigenvalue weighted by atomic mass is 10.2. The maximum Gasteiger partial charge on any atom is 0.323 e. The molecule has 35 heavy (non-hydrogen) atoms. The second kappa shape index (κ2) is 12.5. The van der Waals surface area contributed by atoms with Crippen LogP contribution in [0.5, 0.6) is 11.6 Å². The molecule has 3 amide bonds. The summed E-state index contributed by atoms with van der Waals surface area (Å²) in [7, 11) is 1.66. The van der Waals surface area contributed by atoms with Crippen molar-refractivity contribution in [2.45, 2.75) is 19.9 Å². The molecule has 2 aromatic carbocycles. The van der Waals surface area contributed by atoms with Gasteiger partial charge in [-0.1, -0.05) is 36.7 Å². The third-order valence-corrected chi connectivity index (χ3v) is 5.03. The van der Waals surface area contributed by atoms with E-state index in [2.05, 4.69) is 15.3 Å². The zero-order valence-corrected chi connectivity index (χ0v) is 20.1. The van der Waals surface area contributed by atoms with Gasteiger partial charge in [0.15, 0.2) is 0 Å². The van der Waals surface area contributed by atoms with Gasteiger partial charge >= 0.3 is 6.03 Å². The highest BCUT2D eigenvalue weighted by Gasteiger charge is 2.17. The highest BCUT2D eigenvalue weighted by molar-refractivity contribution is 6.30. The average molecular weight is 498 g/mol. The van der Waals surface area contributed by atoms with E-state index in [0.717, 1.165) is 12.0 Å². The number of carbonyl (C=O) groups is 2. The maximum atomic E-state index is 13.3. The van der Waals surface area contributed by atoms with Gasteiger partial charge in [-0.25, -0.2) is 9.79 Å². The second-order valence-electron chi connectivity index (χ2n) is 7.54. The average Bonchev–Trinajstić information content (AvgIpc) is 2.84. The standard InChI is InChI=1S/C25H25ClFN5O3/c1-3-15-31(2)25(34)30-24(32(17-33)16-18-7-9-19(26)10-8-18)28-20-11-13-21(14-12-20)35-23-6-4-5-22(27)29-23/h4-14,17H,3,15-16H2,1-2H3,(H,28,30,34). The van der Waals surface area contributed by atoms with E-state index in [-0.39, 0.29) is 18.4 Å². The molecule has 0 aliphatic rings. The minimum atomic E-state index is -0.646. The van der Waals surface area contributed by atoms with E-state index in [1.165, 1.54) is 28.0 Å². The lowest BCUT2D eigenvalue weighted by molar-refractivity contribution is -0.115. The number of aromatic nitrogens is 1. The first-order valence-electron chi connectivity index (χ1n) is 10.9. The number of urea groups is 1. The fraction of sp³-hybridized carbons (Fsp3) is 0.200. The Hall–Kier alpha value is -3.98. The first kappa shape index (κ1) is 25.6. The number of nitrogens with one attached hydrogen (secondary N) is 1. The molecule has 1 aromatic heterocycles. The molecule has 0 fully saturated rings. The summed E-state index contributed by atoms with van der Waals surface area (Å²) in [5.74, 6) is -0.0536. The van der Waals surface area contributed by atoms with Crippen LogP contribution in [-0.2, 0) is 11.3 Å². The van der Waals surface area contributed by atoms with Crippen LogP contribution in [0.15, 0.2) is 71.7 Å². The Morgan fingerprint density at radius 2 is 1.86 bits per heavy atom. The van der Waals surface area contributed by atoms with Crippen LogP contribution >= 0.6 is 11.6 Å². The summed E-state index contributed by atoms with van der Waals surface area (Å²) >= 11 is 5.95. The van der Waals surface area contributed by atoms with Gasteiger partial charge in [0.25, 0.3) is 0 Å². The van der Waals surface area contributed by atoms with Crippen molar-refractivity contribution >= 4 is 35.7 Å². The molecule has 0 unspecified atom stereocenters. The van der Waals surface area contributed by atoms with Crippen molar-refractivity contribution in [2.75, 3.05) is 13.6 Å². The highest BCUT2D eigenvalue weighted by atomic mass is 35.5. The van der Waals surface area contributed by atoms with Crippen LogP contribution in [0.3, 0.4) is 0 Å². The number of nitrogens with zero attached hydrogens (tertiary/aromatic N) is 4. The van der Waals surface area contributed by atoms with Crippen LogP contribution in [0.25, 0.3) is 0 Å². The van der Waals surface area contributed by atoms with E-state index in [1.807, 2.05) is 6.92 Å². The van der Waals surface area contributed by atoms with Gasteiger partial charge in [0.1, 0.15) is 5.75 Å². The van der Waals surface area contributed by atoms with Crippen molar-refractivity contribution in [2.24, 2.45) is 4.99 Å². The van der Waals surface area contributed by atoms with E-state index in [9.17, 15) is 14.0 Å². The Labute approximate surface area is 208 Å². The van der Waals surface area contributed by atoms with E-state index in [1.54, 1.807) is 55.6 Å². The smallest absolute Gasteiger partial charge is 0.323 e. The number of hydrogen-bond donors (Lipinski definition) is 1. The molecule has 0 aliphatic heterocycles. The predicted octanol–water partition coefficient (Wildman–Crippen LogP) is 5.36. The molecule has 3 aromatic rings. The zero-order valence-electron chi connectivity index (χ0n) is 19.3. The van der Waals surface area contributed by atoms with E-state index < -0.39 is 12.0 Å². The minimum Gasteiger partial charge on any atom is -0.439 e. The first-order valence-corrected chi connectivity index (χ1v) is 11.2. The lowest BCUT2D eigenvalue weighted by Gasteiger charge is -2.23. The van der Waals surface area contributed by atoms with Crippen molar-refractivity contribution in [1.82, 2.24) is 20.1 Å². The molecular formula is C25H25ClFN5O3. The van der Waals surface area contributed by atoms with Crippen LogP contribution in [-0.4, -0.2) is 46.8 Å². The third kappa shape index (κ3) is 7.79. The van der Waals surface area contributed by atoms with E-state index in [0.29, 0.717) is 29.4 Å². The summed E-state index contributed by atoms with van der Waals surface area (Å²) in [5.41, 5.74) is 1.26. The topological polar surface area (TPSA) is 87.1 Å². The third-order valence-electron chi connectivity index (χ3n) is 4.77. The van der Waals surface area contributed by atoms with Gasteiger partial charge in [0.2, 0.25) is 24.2 Å². The molecule has 0 aliphatic carbocycles. The number of aliphatic imine (C=N–C) groups is 1. The summed E-state index contributed by atoms with van der Waals surface area (Å²) in [6.45, 7) is 2.67.